The molecule has 0 N–H and O–H groups in total. The number of nitrogens with zero attached hydrogens (tertiary/aromatic N) is 5. The number of carbonyl (C=O) groups excluding carboxylic acids is 1. The van der Waals surface area contributed by atoms with Crippen molar-refractivity contribution in [2.24, 2.45) is 0 Å². The summed E-state index contributed by atoms with van der Waals surface area (Å²) in [6.07, 6.45) is 0.123. The molecule has 2 aromatic heterocycles. The largest absolute Gasteiger partial charge is 0.481 e. The Morgan fingerprint density at radius 3 is 2.56 bits per heavy atom. The summed E-state index contributed by atoms with van der Waals surface area (Å²) in [6.45, 7) is 7.22. The molecule has 2 aromatic carbocycles. The third-order valence-corrected chi connectivity index (χ3v) is 7.26. The molecule has 0 spiro atoms. The van der Waals surface area contributed by atoms with Gasteiger partial charge < -0.3 is 9.64 Å². The summed E-state index contributed by atoms with van der Waals surface area (Å²) in [7, 11) is 0. The molecule has 36 heavy (non-hydrogen) atoms. The van der Waals surface area contributed by atoms with Gasteiger partial charge in [0.15, 0.2) is 6.10 Å². The molecule has 1 aliphatic heterocycles. The van der Waals surface area contributed by atoms with Crippen molar-refractivity contribution >= 4 is 22.2 Å². The van der Waals surface area contributed by atoms with Crippen molar-refractivity contribution in [3.63, 3.8) is 0 Å². The highest BCUT2D eigenvalue weighted by Crippen LogP contribution is 2.25. The number of amides is 1. The Kier molecular flexibility index (Phi) is 7.11. The summed E-state index contributed by atoms with van der Waals surface area (Å²) in [5, 5.41) is 5.26. The van der Waals surface area contributed by atoms with Crippen molar-refractivity contribution < 1.29 is 9.53 Å². The second kappa shape index (κ2) is 10.6. The normalized spacial score (nSPS) is 15.2. The van der Waals surface area contributed by atoms with Gasteiger partial charge in [0.25, 0.3) is 11.5 Å². The van der Waals surface area contributed by atoms with Crippen LogP contribution >= 0.6 is 11.3 Å². The molecule has 0 saturated carbocycles. The standard InChI is InChI=1S/C27H29N5O3S/c1-3-23(35-22-10-5-4-6-11-22)26(34)31-14-12-30(13-15-31)18-21-17-24(33)32-27(28-21)36-25(29-32)20-9-7-8-19(2)16-20/h4-11,16-17,23H,3,12-15,18H2,1-2H3/t23-/m0/s1. The molecule has 1 atom stereocenters. The van der Waals surface area contributed by atoms with Crippen molar-refractivity contribution in [1.29, 1.82) is 0 Å². The van der Waals surface area contributed by atoms with Crippen LogP contribution in [0.25, 0.3) is 15.5 Å². The zero-order chi connectivity index (χ0) is 25.1. The summed E-state index contributed by atoms with van der Waals surface area (Å²) in [4.78, 5) is 35.2. The maximum atomic E-state index is 13.1. The van der Waals surface area contributed by atoms with Crippen LogP contribution in [0.2, 0.25) is 0 Å². The average molecular weight is 504 g/mol. The first-order valence-corrected chi connectivity index (χ1v) is 13.0. The third kappa shape index (κ3) is 5.32. The van der Waals surface area contributed by atoms with Gasteiger partial charge in [-0.3, -0.25) is 14.5 Å². The van der Waals surface area contributed by atoms with Crippen molar-refractivity contribution in [3.8, 4) is 16.3 Å². The van der Waals surface area contributed by atoms with Gasteiger partial charge in [-0.05, 0) is 31.5 Å². The zero-order valence-corrected chi connectivity index (χ0v) is 21.3. The lowest BCUT2D eigenvalue weighted by atomic mass is 10.1. The third-order valence-electron chi connectivity index (χ3n) is 6.30. The van der Waals surface area contributed by atoms with Gasteiger partial charge in [0.05, 0.1) is 5.69 Å². The molecule has 0 bridgehead atoms. The van der Waals surface area contributed by atoms with Gasteiger partial charge in [0, 0.05) is 44.4 Å². The fraction of sp³-hybridized carbons (Fsp3) is 0.333. The number of aryl methyl sites for hydroxylation is 1. The molecule has 5 rings (SSSR count). The van der Waals surface area contributed by atoms with Crippen LogP contribution in [0.1, 0.15) is 24.6 Å². The van der Waals surface area contributed by atoms with Gasteiger partial charge in [0.2, 0.25) is 4.96 Å². The summed E-state index contributed by atoms with van der Waals surface area (Å²) in [5.74, 6) is 0.727. The predicted octanol–water partition coefficient (Wildman–Crippen LogP) is 3.63. The molecule has 1 saturated heterocycles. The number of hydrogen-bond acceptors (Lipinski definition) is 7. The lowest BCUT2D eigenvalue weighted by molar-refractivity contribution is -0.140. The molecular formula is C27H29N5O3S. The minimum absolute atomic E-state index is 0.0205. The van der Waals surface area contributed by atoms with Crippen LogP contribution in [0.5, 0.6) is 5.75 Å². The van der Waals surface area contributed by atoms with Crippen LogP contribution in [0.15, 0.2) is 65.5 Å². The first-order valence-electron chi connectivity index (χ1n) is 12.2. The van der Waals surface area contributed by atoms with E-state index < -0.39 is 6.10 Å². The van der Waals surface area contributed by atoms with E-state index in [9.17, 15) is 9.59 Å². The van der Waals surface area contributed by atoms with E-state index in [4.69, 9.17) is 9.72 Å². The maximum absolute atomic E-state index is 13.1. The first-order chi connectivity index (χ1) is 17.5. The Bertz CT molecular complexity index is 1410. The molecule has 0 radical (unpaired) electrons. The second-order valence-corrected chi connectivity index (χ2v) is 9.94. The Hall–Kier alpha value is -3.56. The summed E-state index contributed by atoms with van der Waals surface area (Å²) in [5.41, 5.74) is 2.66. The molecule has 1 aliphatic rings. The number of hydrogen-bond donors (Lipinski definition) is 0. The Balaban J connectivity index is 1.22. The van der Waals surface area contributed by atoms with Crippen molar-refractivity contribution in [1.82, 2.24) is 24.4 Å². The molecular weight excluding hydrogens is 474 g/mol. The van der Waals surface area contributed by atoms with Crippen LogP contribution in [0.4, 0.5) is 0 Å². The van der Waals surface area contributed by atoms with Crippen LogP contribution in [-0.2, 0) is 11.3 Å². The number of para-hydroxylation sites is 1. The first kappa shape index (κ1) is 24.1. The molecule has 1 fully saturated rings. The van der Waals surface area contributed by atoms with Gasteiger partial charge in [-0.15, -0.1) is 0 Å². The fourth-order valence-electron chi connectivity index (χ4n) is 4.36. The summed E-state index contributed by atoms with van der Waals surface area (Å²) >= 11 is 1.42. The second-order valence-electron chi connectivity index (χ2n) is 8.99. The minimum atomic E-state index is -0.489. The number of aromatic nitrogens is 3. The van der Waals surface area contributed by atoms with Crippen molar-refractivity contribution in [2.45, 2.75) is 32.9 Å². The van der Waals surface area contributed by atoms with E-state index in [1.54, 1.807) is 6.07 Å². The smallest absolute Gasteiger partial charge is 0.275 e. The van der Waals surface area contributed by atoms with Crippen LogP contribution in [0.3, 0.4) is 0 Å². The Morgan fingerprint density at radius 2 is 1.83 bits per heavy atom. The lowest BCUT2D eigenvalue weighted by Crippen LogP contribution is -2.52. The van der Waals surface area contributed by atoms with Gasteiger partial charge in [-0.2, -0.15) is 9.61 Å². The molecule has 4 aromatic rings. The zero-order valence-electron chi connectivity index (χ0n) is 20.5. The highest BCUT2D eigenvalue weighted by Gasteiger charge is 2.28. The Morgan fingerprint density at radius 1 is 1.06 bits per heavy atom. The molecule has 186 valence electrons. The van der Waals surface area contributed by atoms with Crippen LogP contribution in [0, 0.1) is 6.92 Å². The van der Waals surface area contributed by atoms with Crippen molar-refractivity contribution in [2.75, 3.05) is 26.2 Å². The van der Waals surface area contributed by atoms with Gasteiger partial charge in [-0.1, -0.05) is 60.2 Å². The van der Waals surface area contributed by atoms with E-state index in [1.807, 2.05) is 67.3 Å². The van der Waals surface area contributed by atoms with E-state index >= 15 is 0 Å². The van der Waals surface area contributed by atoms with Gasteiger partial charge >= 0.3 is 0 Å². The predicted molar refractivity (Wildman–Crippen MR) is 140 cm³/mol. The topological polar surface area (TPSA) is 80.0 Å². The number of ether oxygens (including phenoxy) is 1. The molecule has 1 amide bonds. The fourth-order valence-corrected chi connectivity index (χ4v) is 5.28. The number of benzene rings is 2. The van der Waals surface area contributed by atoms with E-state index in [0.29, 0.717) is 49.9 Å². The van der Waals surface area contributed by atoms with Crippen LogP contribution in [-0.4, -0.2) is 62.6 Å². The quantitative estimate of drug-likeness (QED) is 0.383. The lowest BCUT2D eigenvalue weighted by Gasteiger charge is -2.36. The van der Waals surface area contributed by atoms with E-state index in [0.717, 1.165) is 21.8 Å². The van der Waals surface area contributed by atoms with Crippen LogP contribution < -0.4 is 10.3 Å². The highest BCUT2D eigenvalue weighted by molar-refractivity contribution is 7.19. The molecule has 3 heterocycles. The Labute approximate surface area is 213 Å². The van der Waals surface area contributed by atoms with Gasteiger partial charge in [0.1, 0.15) is 10.8 Å². The van der Waals surface area contributed by atoms with E-state index in [2.05, 4.69) is 16.1 Å². The monoisotopic (exact) mass is 503 g/mol. The summed E-state index contributed by atoms with van der Waals surface area (Å²) < 4.78 is 7.31. The number of piperazine rings is 1. The number of fused-ring (bicyclic) bond motifs is 1. The summed E-state index contributed by atoms with van der Waals surface area (Å²) in [6, 6.07) is 19.1. The molecule has 9 heteroatoms. The number of rotatable bonds is 7. The maximum Gasteiger partial charge on any atom is 0.275 e. The molecule has 8 nitrogen and oxygen atoms in total. The van der Waals surface area contributed by atoms with E-state index in [-0.39, 0.29) is 11.5 Å². The minimum Gasteiger partial charge on any atom is -0.481 e. The number of carbonyl (C=O) groups is 1. The molecule has 0 aliphatic carbocycles. The average Bonchev–Trinajstić information content (AvgIpc) is 3.33. The SMILES string of the molecule is CC[C@H](Oc1ccccc1)C(=O)N1CCN(Cc2cc(=O)n3nc(-c4cccc(C)c4)sc3n2)CC1. The molecule has 0 unspecified atom stereocenters. The van der Waals surface area contributed by atoms with E-state index in [1.165, 1.54) is 15.9 Å². The van der Waals surface area contributed by atoms with Crippen molar-refractivity contribution in [3.05, 3.63) is 82.3 Å². The van der Waals surface area contributed by atoms with Gasteiger partial charge in [-0.25, -0.2) is 4.98 Å². The highest BCUT2D eigenvalue weighted by atomic mass is 32.1.